The summed E-state index contributed by atoms with van der Waals surface area (Å²) in [4.78, 5) is 10.8. The molecule has 0 spiro atoms. The van der Waals surface area contributed by atoms with Crippen LogP contribution in [0.5, 0.6) is 0 Å². The molecule has 1 aliphatic heterocycles. The number of rotatable bonds is 3. The minimum atomic E-state index is -0.384. The molecule has 4 atom stereocenters. The topological polar surface area (TPSA) is 44.8 Å². The van der Waals surface area contributed by atoms with E-state index in [1.165, 1.54) is 6.92 Å². The van der Waals surface area contributed by atoms with E-state index in [4.69, 9.17) is 14.2 Å². The van der Waals surface area contributed by atoms with Crippen LogP contribution in [-0.4, -0.2) is 38.0 Å². The summed E-state index contributed by atoms with van der Waals surface area (Å²) in [6.45, 7) is 4.67. The molecule has 0 amide bonds. The molecule has 0 aromatic heterocycles. The maximum atomic E-state index is 10.8. The standard InChI is InChI=1S/C11H18O4/c1-7-4-11(6-14-8(2)12)10(13-3)9(7)5-15-11/h7,9-10H,4-6H2,1-3H3/t7-,9-,10-,11+/m0/s1. The second kappa shape index (κ2) is 3.76. The highest BCUT2D eigenvalue weighted by atomic mass is 16.6. The third kappa shape index (κ3) is 1.66. The first-order valence-electron chi connectivity index (χ1n) is 5.39. The first-order valence-corrected chi connectivity index (χ1v) is 5.39. The molecular weight excluding hydrogens is 196 g/mol. The van der Waals surface area contributed by atoms with Crippen molar-refractivity contribution in [1.82, 2.24) is 0 Å². The van der Waals surface area contributed by atoms with Crippen LogP contribution in [0.25, 0.3) is 0 Å². The van der Waals surface area contributed by atoms with Crippen molar-refractivity contribution in [3.05, 3.63) is 0 Å². The van der Waals surface area contributed by atoms with Crippen LogP contribution in [0.1, 0.15) is 20.3 Å². The lowest BCUT2D eigenvalue weighted by molar-refractivity contribution is -0.157. The van der Waals surface area contributed by atoms with Gasteiger partial charge in [-0.25, -0.2) is 0 Å². The number of hydrogen-bond donors (Lipinski definition) is 0. The maximum absolute atomic E-state index is 10.8. The van der Waals surface area contributed by atoms with E-state index in [1.54, 1.807) is 7.11 Å². The third-order valence-electron chi connectivity index (χ3n) is 3.64. The summed E-state index contributed by atoms with van der Waals surface area (Å²) in [5.74, 6) is 0.774. The molecule has 1 aliphatic carbocycles. The Hall–Kier alpha value is -0.610. The van der Waals surface area contributed by atoms with Crippen LogP contribution >= 0.6 is 0 Å². The number of esters is 1. The Morgan fingerprint density at radius 3 is 2.87 bits per heavy atom. The lowest BCUT2D eigenvalue weighted by Gasteiger charge is -2.30. The van der Waals surface area contributed by atoms with Gasteiger partial charge in [-0.2, -0.15) is 0 Å². The molecule has 4 nitrogen and oxygen atoms in total. The zero-order valence-electron chi connectivity index (χ0n) is 9.49. The maximum Gasteiger partial charge on any atom is 0.302 e. The molecule has 0 radical (unpaired) electrons. The van der Waals surface area contributed by atoms with Crippen LogP contribution in [-0.2, 0) is 19.0 Å². The molecule has 15 heavy (non-hydrogen) atoms. The van der Waals surface area contributed by atoms with Gasteiger partial charge in [-0.15, -0.1) is 0 Å². The summed E-state index contributed by atoms with van der Waals surface area (Å²) in [6.07, 6.45) is 0.996. The summed E-state index contributed by atoms with van der Waals surface area (Å²) in [5.41, 5.74) is -0.384. The highest BCUT2D eigenvalue weighted by molar-refractivity contribution is 5.66. The zero-order valence-corrected chi connectivity index (χ0v) is 9.49. The van der Waals surface area contributed by atoms with Gasteiger partial charge in [-0.1, -0.05) is 6.92 Å². The Morgan fingerprint density at radius 2 is 2.33 bits per heavy atom. The summed E-state index contributed by atoms with van der Waals surface area (Å²) >= 11 is 0. The van der Waals surface area contributed by atoms with Crippen molar-refractivity contribution in [2.45, 2.75) is 32.0 Å². The Balaban J connectivity index is 2.08. The predicted octanol–water partition coefficient (Wildman–Crippen LogP) is 0.989. The van der Waals surface area contributed by atoms with E-state index in [0.717, 1.165) is 13.0 Å². The molecule has 0 aromatic rings. The van der Waals surface area contributed by atoms with Crippen molar-refractivity contribution in [3.8, 4) is 0 Å². The van der Waals surface area contributed by atoms with E-state index in [0.29, 0.717) is 18.4 Å². The summed E-state index contributed by atoms with van der Waals surface area (Å²) in [5, 5.41) is 0. The monoisotopic (exact) mass is 214 g/mol. The third-order valence-corrected chi connectivity index (χ3v) is 3.64. The van der Waals surface area contributed by atoms with Gasteiger partial charge >= 0.3 is 5.97 Å². The molecule has 1 heterocycles. The van der Waals surface area contributed by atoms with Gasteiger partial charge in [-0.3, -0.25) is 4.79 Å². The van der Waals surface area contributed by atoms with Crippen molar-refractivity contribution >= 4 is 5.97 Å². The number of carbonyl (C=O) groups is 1. The number of ether oxygens (including phenoxy) is 3. The van der Waals surface area contributed by atoms with Crippen molar-refractivity contribution in [1.29, 1.82) is 0 Å². The average Bonchev–Trinajstić information content (AvgIpc) is 2.66. The molecule has 2 aliphatic rings. The van der Waals surface area contributed by atoms with E-state index in [9.17, 15) is 4.79 Å². The highest BCUT2D eigenvalue weighted by Gasteiger charge is 2.59. The van der Waals surface area contributed by atoms with Crippen molar-refractivity contribution in [2.75, 3.05) is 20.3 Å². The van der Waals surface area contributed by atoms with E-state index in [1.807, 2.05) is 0 Å². The van der Waals surface area contributed by atoms with Gasteiger partial charge in [0, 0.05) is 20.0 Å². The highest BCUT2D eigenvalue weighted by Crippen LogP contribution is 2.49. The molecule has 0 aromatic carbocycles. The Labute approximate surface area is 89.9 Å². The van der Waals surface area contributed by atoms with E-state index in [2.05, 4.69) is 6.92 Å². The van der Waals surface area contributed by atoms with Gasteiger partial charge in [0.15, 0.2) is 0 Å². The molecule has 1 saturated heterocycles. The van der Waals surface area contributed by atoms with Crippen molar-refractivity contribution in [3.63, 3.8) is 0 Å². The first-order chi connectivity index (χ1) is 7.09. The van der Waals surface area contributed by atoms with E-state index >= 15 is 0 Å². The van der Waals surface area contributed by atoms with Crippen molar-refractivity contribution < 1.29 is 19.0 Å². The molecule has 0 unspecified atom stereocenters. The minimum Gasteiger partial charge on any atom is -0.463 e. The quantitative estimate of drug-likeness (QED) is 0.657. The van der Waals surface area contributed by atoms with Gasteiger partial charge < -0.3 is 14.2 Å². The predicted molar refractivity (Wildman–Crippen MR) is 53.4 cm³/mol. The minimum absolute atomic E-state index is 0.0758. The summed E-state index contributed by atoms with van der Waals surface area (Å²) < 4.78 is 16.3. The Kier molecular flexibility index (Phi) is 2.73. The zero-order chi connectivity index (χ0) is 11.1. The molecule has 2 fully saturated rings. The first kappa shape index (κ1) is 10.9. The van der Waals surface area contributed by atoms with Gasteiger partial charge in [0.05, 0.1) is 12.7 Å². The fraction of sp³-hybridized carbons (Fsp3) is 0.909. The van der Waals surface area contributed by atoms with Gasteiger partial charge in [0.25, 0.3) is 0 Å². The van der Waals surface area contributed by atoms with Crippen molar-refractivity contribution in [2.24, 2.45) is 11.8 Å². The fourth-order valence-electron chi connectivity index (χ4n) is 2.95. The van der Waals surface area contributed by atoms with Crippen LogP contribution in [0.3, 0.4) is 0 Å². The van der Waals surface area contributed by atoms with E-state index in [-0.39, 0.29) is 17.7 Å². The molecule has 1 saturated carbocycles. The van der Waals surface area contributed by atoms with Crippen LogP contribution in [0.4, 0.5) is 0 Å². The number of fused-ring (bicyclic) bond motifs is 2. The largest absolute Gasteiger partial charge is 0.463 e. The number of methoxy groups -OCH3 is 1. The van der Waals surface area contributed by atoms with Gasteiger partial charge in [-0.05, 0) is 12.3 Å². The lowest BCUT2D eigenvalue weighted by Crippen LogP contribution is -2.43. The smallest absolute Gasteiger partial charge is 0.302 e. The van der Waals surface area contributed by atoms with Crippen LogP contribution in [0, 0.1) is 11.8 Å². The van der Waals surface area contributed by atoms with Crippen LogP contribution in [0.2, 0.25) is 0 Å². The second-order valence-corrected chi connectivity index (χ2v) is 4.66. The summed E-state index contributed by atoms with van der Waals surface area (Å²) in [6, 6.07) is 0. The van der Waals surface area contributed by atoms with Crippen LogP contribution < -0.4 is 0 Å². The van der Waals surface area contributed by atoms with Gasteiger partial charge in [0.2, 0.25) is 0 Å². The Bertz CT molecular complexity index is 265. The lowest BCUT2D eigenvalue weighted by atomic mass is 9.98. The average molecular weight is 214 g/mol. The summed E-state index contributed by atoms with van der Waals surface area (Å²) in [7, 11) is 1.70. The molecule has 86 valence electrons. The molecule has 4 heteroatoms. The van der Waals surface area contributed by atoms with E-state index < -0.39 is 0 Å². The Morgan fingerprint density at radius 1 is 1.60 bits per heavy atom. The normalized spacial score (nSPS) is 43.3. The second-order valence-electron chi connectivity index (χ2n) is 4.66. The number of hydrogen-bond acceptors (Lipinski definition) is 4. The van der Waals surface area contributed by atoms with Gasteiger partial charge in [0.1, 0.15) is 12.2 Å². The SMILES string of the molecule is CO[C@H]1[C@H]2CO[C@@]1(COC(C)=O)C[C@@H]2C. The van der Waals surface area contributed by atoms with Crippen LogP contribution in [0.15, 0.2) is 0 Å². The molecule has 2 rings (SSSR count). The number of carbonyl (C=O) groups excluding carboxylic acids is 1. The molecule has 2 bridgehead atoms. The fourth-order valence-corrected chi connectivity index (χ4v) is 2.95. The molecular formula is C11H18O4. The molecule has 0 N–H and O–H groups in total.